The molecule has 4 heteroatoms. The highest BCUT2D eigenvalue weighted by Gasteiger charge is 2.00. The summed E-state index contributed by atoms with van der Waals surface area (Å²) in [6.07, 6.45) is 2.27. The molecule has 0 aliphatic heterocycles. The summed E-state index contributed by atoms with van der Waals surface area (Å²) in [5.74, 6) is 0. The lowest BCUT2D eigenvalue weighted by atomic mass is 10.1. The van der Waals surface area contributed by atoms with Crippen LogP contribution in [0.25, 0.3) is 0 Å². The molecule has 0 aliphatic carbocycles. The maximum atomic E-state index is 11.2. The molecular formula is C14H18N2O2. The average molecular weight is 246 g/mol. The van der Waals surface area contributed by atoms with Crippen LogP contribution < -0.4 is 5.32 Å². The number of amides is 1. The summed E-state index contributed by atoms with van der Waals surface area (Å²) in [5.41, 5.74) is 1.73. The topological polar surface area (TPSA) is 62.1 Å². The summed E-state index contributed by atoms with van der Waals surface area (Å²) in [4.78, 5) is 11.2. The van der Waals surface area contributed by atoms with Crippen LogP contribution in [0.3, 0.4) is 0 Å². The van der Waals surface area contributed by atoms with Crippen molar-refractivity contribution in [2.45, 2.75) is 26.2 Å². The standard InChI is InChI=1S/C14H18N2O2/c1-2-3-10-18-14(17)16-9-8-12-4-6-13(11-15)7-5-12/h4-7H,2-3,8-10H2,1H3,(H,16,17). The second-order valence-electron chi connectivity index (χ2n) is 3.97. The Morgan fingerprint density at radius 3 is 2.72 bits per heavy atom. The van der Waals surface area contributed by atoms with Crippen LogP contribution in [0, 0.1) is 11.3 Å². The normalized spacial score (nSPS) is 9.56. The molecule has 0 aliphatic rings. The summed E-state index contributed by atoms with van der Waals surface area (Å²) in [7, 11) is 0. The van der Waals surface area contributed by atoms with Crippen molar-refractivity contribution in [1.29, 1.82) is 5.26 Å². The van der Waals surface area contributed by atoms with Gasteiger partial charge in [-0.15, -0.1) is 0 Å². The number of benzene rings is 1. The van der Waals surface area contributed by atoms with Crippen LogP contribution >= 0.6 is 0 Å². The first-order valence-electron chi connectivity index (χ1n) is 6.16. The molecule has 1 aromatic rings. The highest BCUT2D eigenvalue weighted by molar-refractivity contribution is 5.67. The van der Waals surface area contributed by atoms with Gasteiger partial charge in [0.05, 0.1) is 18.2 Å². The number of nitriles is 1. The van der Waals surface area contributed by atoms with Crippen molar-refractivity contribution in [1.82, 2.24) is 5.32 Å². The molecule has 1 aromatic carbocycles. The van der Waals surface area contributed by atoms with E-state index in [-0.39, 0.29) is 6.09 Å². The molecule has 4 nitrogen and oxygen atoms in total. The zero-order valence-corrected chi connectivity index (χ0v) is 10.6. The number of carbonyl (C=O) groups is 1. The minimum atomic E-state index is -0.364. The molecule has 0 saturated carbocycles. The Kier molecular flexibility index (Phi) is 6.34. The van der Waals surface area contributed by atoms with E-state index in [2.05, 4.69) is 11.4 Å². The van der Waals surface area contributed by atoms with Crippen molar-refractivity contribution in [3.8, 4) is 6.07 Å². The molecule has 0 spiro atoms. The van der Waals surface area contributed by atoms with Crippen LogP contribution in [-0.4, -0.2) is 19.2 Å². The lowest BCUT2D eigenvalue weighted by Crippen LogP contribution is -2.26. The van der Waals surface area contributed by atoms with Gasteiger partial charge in [-0.3, -0.25) is 0 Å². The first kappa shape index (κ1) is 14.0. The lowest BCUT2D eigenvalue weighted by molar-refractivity contribution is 0.144. The van der Waals surface area contributed by atoms with Gasteiger partial charge in [0.15, 0.2) is 0 Å². The Balaban J connectivity index is 2.20. The molecule has 0 fully saturated rings. The van der Waals surface area contributed by atoms with Crippen LogP contribution in [0.1, 0.15) is 30.9 Å². The maximum Gasteiger partial charge on any atom is 0.407 e. The summed E-state index contributed by atoms with van der Waals surface area (Å²) in [6.45, 7) is 3.06. The predicted molar refractivity (Wildman–Crippen MR) is 69.1 cm³/mol. The van der Waals surface area contributed by atoms with E-state index in [1.807, 2.05) is 19.1 Å². The number of ether oxygens (including phenoxy) is 1. The maximum absolute atomic E-state index is 11.2. The molecule has 0 saturated heterocycles. The lowest BCUT2D eigenvalue weighted by Gasteiger charge is -2.06. The molecule has 0 radical (unpaired) electrons. The Morgan fingerprint density at radius 1 is 1.39 bits per heavy atom. The highest BCUT2D eigenvalue weighted by Crippen LogP contribution is 2.03. The predicted octanol–water partition coefficient (Wildman–Crippen LogP) is 2.63. The van der Waals surface area contributed by atoms with Gasteiger partial charge in [0.25, 0.3) is 0 Å². The Labute approximate surface area is 108 Å². The monoisotopic (exact) mass is 246 g/mol. The average Bonchev–Trinajstić information content (AvgIpc) is 2.40. The molecule has 1 N–H and O–H groups in total. The number of unbranched alkanes of at least 4 members (excludes halogenated alkanes) is 1. The fraction of sp³-hybridized carbons (Fsp3) is 0.429. The van der Waals surface area contributed by atoms with E-state index in [0.717, 1.165) is 24.8 Å². The second-order valence-corrected chi connectivity index (χ2v) is 3.97. The van der Waals surface area contributed by atoms with Gasteiger partial charge in [-0.1, -0.05) is 25.5 Å². The van der Waals surface area contributed by atoms with Gasteiger partial charge in [-0.05, 0) is 30.5 Å². The molecular weight excluding hydrogens is 228 g/mol. The largest absolute Gasteiger partial charge is 0.450 e. The Bertz CT molecular complexity index is 407. The van der Waals surface area contributed by atoms with Crippen LogP contribution in [0.2, 0.25) is 0 Å². The van der Waals surface area contributed by atoms with Crippen molar-refractivity contribution in [2.75, 3.05) is 13.2 Å². The Hall–Kier alpha value is -2.02. The number of nitrogens with zero attached hydrogens (tertiary/aromatic N) is 1. The SMILES string of the molecule is CCCCOC(=O)NCCc1ccc(C#N)cc1. The highest BCUT2D eigenvalue weighted by atomic mass is 16.5. The van der Waals surface area contributed by atoms with E-state index in [1.54, 1.807) is 12.1 Å². The summed E-state index contributed by atoms with van der Waals surface area (Å²) < 4.78 is 4.96. The zero-order chi connectivity index (χ0) is 13.2. The first-order valence-corrected chi connectivity index (χ1v) is 6.16. The smallest absolute Gasteiger partial charge is 0.407 e. The van der Waals surface area contributed by atoms with E-state index in [0.29, 0.717) is 18.7 Å². The third-order valence-electron chi connectivity index (χ3n) is 2.50. The molecule has 0 unspecified atom stereocenters. The van der Waals surface area contributed by atoms with E-state index in [4.69, 9.17) is 10.00 Å². The van der Waals surface area contributed by atoms with Crippen LogP contribution in [0.15, 0.2) is 24.3 Å². The minimum Gasteiger partial charge on any atom is -0.450 e. The van der Waals surface area contributed by atoms with Crippen molar-refractivity contribution in [2.24, 2.45) is 0 Å². The van der Waals surface area contributed by atoms with E-state index < -0.39 is 0 Å². The fourth-order valence-electron chi connectivity index (χ4n) is 1.42. The molecule has 96 valence electrons. The number of alkyl carbamates (subject to hydrolysis) is 1. The first-order chi connectivity index (χ1) is 8.76. The summed E-state index contributed by atoms with van der Waals surface area (Å²) in [5, 5.41) is 11.3. The number of hydrogen-bond acceptors (Lipinski definition) is 3. The molecule has 0 atom stereocenters. The quantitative estimate of drug-likeness (QED) is 0.785. The number of carbonyl (C=O) groups excluding carboxylic acids is 1. The third kappa shape index (κ3) is 5.35. The molecule has 0 bridgehead atoms. The van der Waals surface area contributed by atoms with Gasteiger partial charge in [0.2, 0.25) is 0 Å². The molecule has 0 heterocycles. The van der Waals surface area contributed by atoms with Gasteiger partial charge >= 0.3 is 6.09 Å². The second kappa shape index (κ2) is 8.13. The molecule has 1 amide bonds. The molecule has 18 heavy (non-hydrogen) atoms. The van der Waals surface area contributed by atoms with Gasteiger partial charge in [-0.25, -0.2) is 4.79 Å². The molecule has 0 aromatic heterocycles. The number of hydrogen-bond donors (Lipinski definition) is 1. The van der Waals surface area contributed by atoms with E-state index >= 15 is 0 Å². The van der Waals surface area contributed by atoms with Crippen LogP contribution in [-0.2, 0) is 11.2 Å². The van der Waals surface area contributed by atoms with Crippen molar-refractivity contribution in [3.05, 3.63) is 35.4 Å². The summed E-state index contributed by atoms with van der Waals surface area (Å²) >= 11 is 0. The third-order valence-corrected chi connectivity index (χ3v) is 2.50. The van der Waals surface area contributed by atoms with E-state index in [1.165, 1.54) is 0 Å². The summed E-state index contributed by atoms with van der Waals surface area (Å²) in [6, 6.07) is 9.40. The van der Waals surface area contributed by atoms with Gasteiger partial charge in [0, 0.05) is 6.54 Å². The van der Waals surface area contributed by atoms with Crippen molar-refractivity contribution >= 4 is 6.09 Å². The van der Waals surface area contributed by atoms with Crippen LogP contribution in [0.5, 0.6) is 0 Å². The van der Waals surface area contributed by atoms with Gasteiger partial charge in [0.1, 0.15) is 0 Å². The fourth-order valence-corrected chi connectivity index (χ4v) is 1.42. The van der Waals surface area contributed by atoms with E-state index in [9.17, 15) is 4.79 Å². The van der Waals surface area contributed by atoms with Crippen molar-refractivity contribution in [3.63, 3.8) is 0 Å². The van der Waals surface area contributed by atoms with Gasteiger partial charge in [-0.2, -0.15) is 5.26 Å². The molecule has 1 rings (SSSR count). The minimum absolute atomic E-state index is 0.364. The van der Waals surface area contributed by atoms with Gasteiger partial charge < -0.3 is 10.1 Å². The van der Waals surface area contributed by atoms with Crippen molar-refractivity contribution < 1.29 is 9.53 Å². The number of nitrogens with one attached hydrogen (secondary N) is 1. The van der Waals surface area contributed by atoms with Crippen LogP contribution in [0.4, 0.5) is 4.79 Å². The zero-order valence-electron chi connectivity index (χ0n) is 10.6. The number of rotatable bonds is 6. The Morgan fingerprint density at radius 2 is 2.11 bits per heavy atom.